The van der Waals surface area contributed by atoms with E-state index in [-0.39, 0.29) is 11.3 Å². The van der Waals surface area contributed by atoms with Gasteiger partial charge in [0.25, 0.3) is 15.9 Å². The summed E-state index contributed by atoms with van der Waals surface area (Å²) in [5.41, 5.74) is 0.901. The van der Waals surface area contributed by atoms with E-state index in [1.807, 2.05) is 24.3 Å². The number of sulfonamides is 1. The molecule has 4 aromatic carbocycles. The van der Waals surface area contributed by atoms with Crippen molar-refractivity contribution in [2.24, 2.45) is 0 Å². The van der Waals surface area contributed by atoms with Crippen LogP contribution in [0.3, 0.4) is 0 Å². The Bertz CT molecular complexity index is 1630. The zero-order valence-electron chi connectivity index (χ0n) is 19.4. The van der Waals surface area contributed by atoms with Crippen molar-refractivity contribution >= 4 is 50.7 Å². The highest BCUT2D eigenvalue weighted by Crippen LogP contribution is 2.47. The minimum absolute atomic E-state index is 0.193. The SMILES string of the molecule is O=C(OCC(=O)N1c2ccccc2Sc2ccccc21)c1ccccc1NS(=O)(=O)c1ccc(F)cc1F. The first-order chi connectivity index (χ1) is 18.2. The molecule has 0 aliphatic carbocycles. The number of carbonyl (C=O) groups excluding carboxylic acids is 2. The summed E-state index contributed by atoms with van der Waals surface area (Å²) in [4.78, 5) is 28.6. The second-order valence-electron chi connectivity index (χ2n) is 8.07. The third kappa shape index (κ3) is 4.98. The summed E-state index contributed by atoms with van der Waals surface area (Å²) in [6.07, 6.45) is 0. The van der Waals surface area contributed by atoms with Gasteiger partial charge < -0.3 is 4.74 Å². The molecule has 1 amide bonds. The van der Waals surface area contributed by atoms with E-state index < -0.39 is 45.0 Å². The number of rotatable bonds is 6. The number of ether oxygens (including phenoxy) is 1. The monoisotopic (exact) mass is 552 g/mol. The van der Waals surface area contributed by atoms with E-state index in [0.717, 1.165) is 21.9 Å². The zero-order valence-corrected chi connectivity index (χ0v) is 21.1. The van der Waals surface area contributed by atoms with E-state index in [1.165, 1.54) is 40.9 Å². The number of anilines is 3. The molecule has 1 aliphatic rings. The first-order valence-electron chi connectivity index (χ1n) is 11.2. The van der Waals surface area contributed by atoms with E-state index in [2.05, 4.69) is 4.72 Å². The largest absolute Gasteiger partial charge is 0.452 e. The van der Waals surface area contributed by atoms with Crippen LogP contribution >= 0.6 is 11.8 Å². The summed E-state index contributed by atoms with van der Waals surface area (Å²) in [6.45, 7) is -0.625. The van der Waals surface area contributed by atoms with E-state index in [9.17, 15) is 26.8 Å². The van der Waals surface area contributed by atoms with Gasteiger partial charge in [0.05, 0.1) is 22.6 Å². The Morgan fingerprint density at radius 1 is 0.842 bits per heavy atom. The smallest absolute Gasteiger partial charge is 0.340 e. The van der Waals surface area contributed by atoms with Crippen LogP contribution in [0, 0.1) is 11.6 Å². The highest BCUT2D eigenvalue weighted by molar-refractivity contribution is 7.99. The Labute approximate surface area is 221 Å². The Kier molecular flexibility index (Phi) is 6.87. The number of nitrogens with one attached hydrogen (secondary N) is 1. The van der Waals surface area contributed by atoms with Gasteiger partial charge in [-0.1, -0.05) is 48.2 Å². The number of benzene rings is 4. The van der Waals surface area contributed by atoms with Gasteiger partial charge in [-0.05, 0) is 48.5 Å². The maximum Gasteiger partial charge on any atom is 0.340 e. The molecular formula is C27H18F2N2O5S2. The molecule has 0 spiro atoms. The van der Waals surface area contributed by atoms with Crippen molar-refractivity contribution in [3.63, 3.8) is 0 Å². The molecule has 11 heteroatoms. The number of para-hydroxylation sites is 3. The molecule has 1 N–H and O–H groups in total. The molecule has 0 aromatic heterocycles. The molecule has 1 heterocycles. The van der Waals surface area contributed by atoms with E-state index >= 15 is 0 Å². The van der Waals surface area contributed by atoms with Crippen LogP contribution in [-0.2, 0) is 19.6 Å². The molecule has 38 heavy (non-hydrogen) atoms. The molecule has 0 saturated carbocycles. The summed E-state index contributed by atoms with van der Waals surface area (Å²) in [5.74, 6) is -3.70. The Hall–Kier alpha value is -4.22. The molecule has 0 bridgehead atoms. The number of nitrogens with zero attached hydrogens (tertiary/aromatic N) is 1. The van der Waals surface area contributed by atoms with Crippen LogP contribution < -0.4 is 9.62 Å². The molecule has 192 valence electrons. The first kappa shape index (κ1) is 25.4. The maximum atomic E-state index is 14.1. The van der Waals surface area contributed by atoms with Crippen LogP contribution in [0.2, 0.25) is 0 Å². The molecule has 5 rings (SSSR count). The quantitative estimate of drug-likeness (QED) is 0.306. The average molecular weight is 553 g/mol. The van der Waals surface area contributed by atoms with Gasteiger partial charge in [0.1, 0.15) is 16.5 Å². The minimum atomic E-state index is -4.51. The first-order valence-corrected chi connectivity index (χ1v) is 13.5. The van der Waals surface area contributed by atoms with Crippen LogP contribution in [-0.4, -0.2) is 26.9 Å². The summed E-state index contributed by atoms with van der Waals surface area (Å²) in [5, 5.41) is 0. The van der Waals surface area contributed by atoms with Gasteiger partial charge in [-0.15, -0.1) is 0 Å². The Balaban J connectivity index is 1.36. The van der Waals surface area contributed by atoms with Gasteiger partial charge in [0.15, 0.2) is 6.61 Å². The highest BCUT2D eigenvalue weighted by Gasteiger charge is 2.29. The van der Waals surface area contributed by atoms with Gasteiger partial charge in [0.2, 0.25) is 0 Å². The van der Waals surface area contributed by atoms with Crippen molar-refractivity contribution in [3.05, 3.63) is 108 Å². The minimum Gasteiger partial charge on any atom is -0.452 e. The molecule has 0 fully saturated rings. The lowest BCUT2D eigenvalue weighted by Gasteiger charge is -2.30. The Morgan fingerprint density at radius 2 is 1.45 bits per heavy atom. The molecule has 0 unspecified atom stereocenters. The van der Waals surface area contributed by atoms with Gasteiger partial charge in [0, 0.05) is 15.9 Å². The zero-order chi connectivity index (χ0) is 26.9. The second-order valence-corrected chi connectivity index (χ2v) is 10.8. The topological polar surface area (TPSA) is 92.8 Å². The van der Waals surface area contributed by atoms with Gasteiger partial charge in [-0.3, -0.25) is 14.4 Å². The third-order valence-electron chi connectivity index (χ3n) is 5.58. The van der Waals surface area contributed by atoms with Crippen molar-refractivity contribution in [2.45, 2.75) is 14.7 Å². The molecule has 4 aromatic rings. The van der Waals surface area contributed by atoms with Gasteiger partial charge in [-0.2, -0.15) is 0 Å². The van der Waals surface area contributed by atoms with E-state index in [0.29, 0.717) is 17.4 Å². The fraction of sp³-hybridized carbons (Fsp3) is 0.0370. The lowest BCUT2D eigenvalue weighted by molar-refractivity contribution is -0.121. The summed E-state index contributed by atoms with van der Waals surface area (Å²) in [6, 6.07) is 22.2. The molecular weight excluding hydrogens is 534 g/mol. The fourth-order valence-corrected chi connectivity index (χ4v) is 6.08. The lowest BCUT2D eigenvalue weighted by Crippen LogP contribution is -2.32. The molecule has 0 atom stereocenters. The molecule has 0 saturated heterocycles. The third-order valence-corrected chi connectivity index (χ3v) is 8.11. The molecule has 1 aliphatic heterocycles. The van der Waals surface area contributed by atoms with Crippen molar-refractivity contribution in [1.82, 2.24) is 0 Å². The summed E-state index contributed by atoms with van der Waals surface area (Å²) in [7, 11) is -4.51. The van der Waals surface area contributed by atoms with Gasteiger partial charge in [-0.25, -0.2) is 22.0 Å². The van der Waals surface area contributed by atoms with Crippen LogP contribution in [0.4, 0.5) is 25.8 Å². The van der Waals surface area contributed by atoms with Crippen molar-refractivity contribution in [2.75, 3.05) is 16.2 Å². The number of carbonyl (C=O) groups is 2. The predicted molar refractivity (Wildman–Crippen MR) is 138 cm³/mol. The van der Waals surface area contributed by atoms with Crippen molar-refractivity contribution < 1.29 is 31.5 Å². The number of esters is 1. The van der Waals surface area contributed by atoms with E-state index in [1.54, 1.807) is 24.3 Å². The lowest BCUT2D eigenvalue weighted by atomic mass is 10.2. The number of halogens is 2. The molecule has 0 radical (unpaired) electrons. The van der Waals surface area contributed by atoms with Crippen LogP contribution in [0.15, 0.2) is 106 Å². The van der Waals surface area contributed by atoms with Crippen molar-refractivity contribution in [3.8, 4) is 0 Å². The number of hydrogen-bond donors (Lipinski definition) is 1. The molecule has 7 nitrogen and oxygen atoms in total. The predicted octanol–water partition coefficient (Wildman–Crippen LogP) is 5.75. The number of hydrogen-bond acceptors (Lipinski definition) is 6. The van der Waals surface area contributed by atoms with Crippen molar-refractivity contribution in [1.29, 1.82) is 0 Å². The highest BCUT2D eigenvalue weighted by atomic mass is 32.2. The maximum absolute atomic E-state index is 14.1. The van der Waals surface area contributed by atoms with Crippen LogP contribution in [0.1, 0.15) is 10.4 Å². The standard InChI is InChI=1S/C27H18F2N2O5S2/c28-17-13-14-25(19(29)15-17)38(34,35)30-20-8-2-1-7-18(20)27(33)36-16-26(32)31-21-9-3-5-11-23(21)37-24-12-6-4-10-22(24)31/h1-15,30H,16H2. The van der Waals surface area contributed by atoms with E-state index in [4.69, 9.17) is 4.74 Å². The fourth-order valence-electron chi connectivity index (χ4n) is 3.89. The van der Waals surface area contributed by atoms with Crippen LogP contribution in [0.5, 0.6) is 0 Å². The van der Waals surface area contributed by atoms with Gasteiger partial charge >= 0.3 is 5.97 Å². The normalized spacial score (nSPS) is 12.3. The summed E-state index contributed by atoms with van der Waals surface area (Å²) >= 11 is 1.52. The Morgan fingerprint density at radius 3 is 2.11 bits per heavy atom. The second kappa shape index (κ2) is 10.3. The number of fused-ring (bicyclic) bond motifs is 2. The summed E-state index contributed by atoms with van der Waals surface area (Å²) < 4.78 is 60.2. The van der Waals surface area contributed by atoms with Crippen LogP contribution in [0.25, 0.3) is 0 Å². The number of amides is 1. The average Bonchev–Trinajstić information content (AvgIpc) is 2.90.